The monoisotopic (exact) mass is 260 g/mol. The van der Waals surface area contributed by atoms with Crippen LogP contribution < -0.4 is 5.73 Å². The molecule has 1 fully saturated rings. The standard InChI is InChI=1S/C16H24N2O/c1-3-18(13-9-5-4-6-10-13)16(19)14-11-7-8-12(2)15(14)17/h7-8,11,13H,3-6,9-10,17H2,1-2H3. The Hall–Kier alpha value is -1.51. The molecule has 0 saturated heterocycles. The van der Waals surface area contributed by atoms with Crippen LogP contribution in [-0.2, 0) is 0 Å². The lowest BCUT2D eigenvalue weighted by Crippen LogP contribution is -2.41. The summed E-state index contributed by atoms with van der Waals surface area (Å²) in [6.07, 6.45) is 6.03. The molecule has 0 heterocycles. The molecule has 0 aliphatic heterocycles. The third-order valence-corrected chi connectivity index (χ3v) is 4.17. The molecule has 0 atom stereocenters. The quantitative estimate of drug-likeness (QED) is 0.847. The fourth-order valence-electron chi connectivity index (χ4n) is 2.98. The van der Waals surface area contributed by atoms with E-state index in [0.29, 0.717) is 17.3 Å². The third-order valence-electron chi connectivity index (χ3n) is 4.17. The summed E-state index contributed by atoms with van der Waals surface area (Å²) < 4.78 is 0. The number of para-hydroxylation sites is 1. The molecule has 1 aromatic rings. The summed E-state index contributed by atoms with van der Waals surface area (Å²) in [7, 11) is 0. The number of hydrogen-bond donors (Lipinski definition) is 1. The van der Waals surface area contributed by atoms with Crippen LogP contribution in [0.4, 0.5) is 5.69 Å². The summed E-state index contributed by atoms with van der Waals surface area (Å²) in [5, 5.41) is 0. The van der Waals surface area contributed by atoms with Crippen molar-refractivity contribution in [2.75, 3.05) is 12.3 Å². The molecular weight excluding hydrogens is 236 g/mol. The predicted octanol–water partition coefficient (Wildman–Crippen LogP) is 3.37. The zero-order valence-corrected chi connectivity index (χ0v) is 12.0. The van der Waals surface area contributed by atoms with E-state index < -0.39 is 0 Å². The number of nitrogens with two attached hydrogens (primary N) is 1. The van der Waals surface area contributed by atoms with Gasteiger partial charge in [-0.15, -0.1) is 0 Å². The second-order valence-corrected chi connectivity index (χ2v) is 5.42. The first kappa shape index (κ1) is 13.9. The van der Waals surface area contributed by atoms with Crippen molar-refractivity contribution in [2.24, 2.45) is 0 Å². The van der Waals surface area contributed by atoms with E-state index in [2.05, 4.69) is 6.92 Å². The van der Waals surface area contributed by atoms with Crippen LogP contribution in [0.5, 0.6) is 0 Å². The van der Waals surface area contributed by atoms with E-state index >= 15 is 0 Å². The summed E-state index contributed by atoms with van der Waals surface area (Å²) in [5.74, 6) is 0.0931. The van der Waals surface area contributed by atoms with Gasteiger partial charge in [-0.05, 0) is 38.3 Å². The smallest absolute Gasteiger partial charge is 0.256 e. The maximum Gasteiger partial charge on any atom is 0.256 e. The third kappa shape index (κ3) is 2.91. The van der Waals surface area contributed by atoms with E-state index in [9.17, 15) is 4.79 Å². The van der Waals surface area contributed by atoms with Crippen molar-refractivity contribution in [2.45, 2.75) is 52.0 Å². The molecular formula is C16H24N2O. The number of hydrogen-bond acceptors (Lipinski definition) is 2. The minimum Gasteiger partial charge on any atom is -0.398 e. The molecule has 3 heteroatoms. The Labute approximate surface area is 115 Å². The topological polar surface area (TPSA) is 46.3 Å². The lowest BCUT2D eigenvalue weighted by molar-refractivity contribution is 0.0649. The van der Waals surface area contributed by atoms with Crippen molar-refractivity contribution in [1.29, 1.82) is 0 Å². The van der Waals surface area contributed by atoms with Gasteiger partial charge in [0.05, 0.1) is 5.56 Å². The summed E-state index contributed by atoms with van der Waals surface area (Å²) in [6.45, 7) is 4.76. The highest BCUT2D eigenvalue weighted by Gasteiger charge is 2.26. The van der Waals surface area contributed by atoms with Gasteiger partial charge in [-0.25, -0.2) is 0 Å². The molecule has 0 radical (unpaired) electrons. The van der Waals surface area contributed by atoms with E-state index in [-0.39, 0.29) is 5.91 Å². The number of anilines is 1. The highest BCUT2D eigenvalue weighted by Crippen LogP contribution is 2.26. The highest BCUT2D eigenvalue weighted by atomic mass is 16.2. The molecule has 1 aliphatic rings. The van der Waals surface area contributed by atoms with Gasteiger partial charge in [-0.2, -0.15) is 0 Å². The Morgan fingerprint density at radius 2 is 2.00 bits per heavy atom. The predicted molar refractivity (Wildman–Crippen MR) is 79.2 cm³/mol. The normalized spacial score (nSPS) is 16.3. The van der Waals surface area contributed by atoms with Crippen LogP contribution in [0, 0.1) is 6.92 Å². The maximum absolute atomic E-state index is 12.7. The van der Waals surface area contributed by atoms with Crippen molar-refractivity contribution in [3.8, 4) is 0 Å². The van der Waals surface area contributed by atoms with E-state index in [1.165, 1.54) is 19.3 Å². The lowest BCUT2D eigenvalue weighted by atomic mass is 9.93. The molecule has 1 aromatic carbocycles. The minimum atomic E-state index is 0.0931. The molecule has 0 spiro atoms. The largest absolute Gasteiger partial charge is 0.398 e. The van der Waals surface area contributed by atoms with Gasteiger partial charge >= 0.3 is 0 Å². The first-order chi connectivity index (χ1) is 9.15. The average molecular weight is 260 g/mol. The summed E-state index contributed by atoms with van der Waals surface area (Å²) >= 11 is 0. The van der Waals surface area contributed by atoms with Crippen molar-refractivity contribution in [3.05, 3.63) is 29.3 Å². The number of carbonyl (C=O) groups excluding carboxylic acids is 1. The zero-order valence-electron chi connectivity index (χ0n) is 12.0. The Kier molecular flexibility index (Phi) is 4.46. The molecule has 1 saturated carbocycles. The van der Waals surface area contributed by atoms with Crippen LogP contribution in [0.25, 0.3) is 0 Å². The number of nitrogen functional groups attached to an aromatic ring is 1. The maximum atomic E-state index is 12.7. The van der Waals surface area contributed by atoms with E-state index in [4.69, 9.17) is 5.73 Å². The lowest BCUT2D eigenvalue weighted by Gasteiger charge is -2.34. The highest BCUT2D eigenvalue weighted by molar-refractivity contribution is 5.99. The molecule has 2 rings (SSSR count). The van der Waals surface area contributed by atoms with Gasteiger partial charge in [-0.1, -0.05) is 31.4 Å². The van der Waals surface area contributed by atoms with Gasteiger partial charge < -0.3 is 10.6 Å². The second kappa shape index (κ2) is 6.09. The molecule has 0 aromatic heterocycles. The van der Waals surface area contributed by atoms with Gasteiger partial charge in [-0.3, -0.25) is 4.79 Å². The fraction of sp³-hybridized carbons (Fsp3) is 0.562. The summed E-state index contributed by atoms with van der Waals surface area (Å²) in [4.78, 5) is 14.7. The zero-order chi connectivity index (χ0) is 13.8. The van der Waals surface area contributed by atoms with Crippen molar-refractivity contribution >= 4 is 11.6 Å². The Morgan fingerprint density at radius 1 is 1.32 bits per heavy atom. The van der Waals surface area contributed by atoms with Crippen LogP contribution in [0.2, 0.25) is 0 Å². The van der Waals surface area contributed by atoms with Crippen molar-refractivity contribution in [1.82, 2.24) is 4.90 Å². The number of aryl methyl sites for hydroxylation is 1. The van der Waals surface area contributed by atoms with Gasteiger partial charge in [0.2, 0.25) is 0 Å². The van der Waals surface area contributed by atoms with Crippen molar-refractivity contribution < 1.29 is 4.79 Å². The Bertz CT molecular complexity index is 450. The first-order valence-electron chi connectivity index (χ1n) is 7.31. The average Bonchev–Trinajstić information content (AvgIpc) is 2.44. The summed E-state index contributed by atoms with van der Waals surface area (Å²) in [5.41, 5.74) is 8.32. The Morgan fingerprint density at radius 3 is 2.63 bits per heavy atom. The first-order valence-corrected chi connectivity index (χ1v) is 7.31. The minimum absolute atomic E-state index is 0.0931. The molecule has 0 unspecified atom stereocenters. The molecule has 104 valence electrons. The van der Waals surface area contributed by atoms with E-state index in [0.717, 1.165) is 24.9 Å². The fourth-order valence-corrected chi connectivity index (χ4v) is 2.98. The van der Waals surface area contributed by atoms with Gasteiger partial charge in [0.15, 0.2) is 0 Å². The van der Waals surface area contributed by atoms with Crippen LogP contribution in [0.15, 0.2) is 18.2 Å². The SMILES string of the molecule is CCN(C(=O)c1cccc(C)c1N)C1CCCCC1. The van der Waals surface area contributed by atoms with Crippen LogP contribution in [0.1, 0.15) is 54.9 Å². The van der Waals surface area contributed by atoms with E-state index in [1.54, 1.807) is 0 Å². The van der Waals surface area contributed by atoms with Crippen LogP contribution >= 0.6 is 0 Å². The van der Waals surface area contributed by atoms with E-state index in [1.807, 2.05) is 30.0 Å². The molecule has 2 N–H and O–H groups in total. The van der Waals surface area contributed by atoms with Gasteiger partial charge in [0, 0.05) is 18.3 Å². The number of nitrogens with zero attached hydrogens (tertiary/aromatic N) is 1. The molecule has 0 bridgehead atoms. The molecule has 19 heavy (non-hydrogen) atoms. The number of carbonyl (C=O) groups is 1. The Balaban J connectivity index is 2.22. The van der Waals surface area contributed by atoms with Gasteiger partial charge in [0.25, 0.3) is 5.91 Å². The number of rotatable bonds is 3. The summed E-state index contributed by atoms with van der Waals surface area (Å²) in [6, 6.07) is 6.10. The van der Waals surface area contributed by atoms with Crippen molar-refractivity contribution in [3.63, 3.8) is 0 Å². The number of amides is 1. The van der Waals surface area contributed by atoms with Gasteiger partial charge in [0.1, 0.15) is 0 Å². The molecule has 1 amide bonds. The molecule has 3 nitrogen and oxygen atoms in total. The molecule has 1 aliphatic carbocycles. The number of benzene rings is 1. The van der Waals surface area contributed by atoms with Crippen LogP contribution in [0.3, 0.4) is 0 Å². The second-order valence-electron chi connectivity index (χ2n) is 5.42. The van der Waals surface area contributed by atoms with Crippen LogP contribution in [-0.4, -0.2) is 23.4 Å².